The number of amides is 2. The number of nitrogens with one attached hydrogen (secondary N) is 2. The van der Waals surface area contributed by atoms with E-state index in [-0.39, 0.29) is 6.42 Å². The van der Waals surface area contributed by atoms with E-state index in [9.17, 15) is 14.4 Å². The van der Waals surface area contributed by atoms with Crippen molar-refractivity contribution in [2.75, 3.05) is 0 Å². The lowest BCUT2D eigenvalue weighted by Gasteiger charge is -2.16. The Balaban J connectivity index is 1.64. The maximum atomic E-state index is 13.1. The van der Waals surface area contributed by atoms with Gasteiger partial charge in [-0.3, -0.25) is 19.1 Å². The summed E-state index contributed by atoms with van der Waals surface area (Å²) in [4.78, 5) is 40.4. The molecule has 2 aromatic carbocycles. The number of Topliss-reactive ketones (excluding diaryl/α,β-unsaturated/α-hetero) is 1. The summed E-state index contributed by atoms with van der Waals surface area (Å²) in [5.74, 6) is -2.46. The first-order valence-electron chi connectivity index (χ1n) is 9.72. The van der Waals surface area contributed by atoms with E-state index in [4.69, 9.17) is 5.73 Å². The fourth-order valence-electron chi connectivity index (χ4n) is 3.60. The first-order chi connectivity index (χ1) is 14.9. The lowest BCUT2D eigenvalue weighted by molar-refractivity contribution is -0.137. The molecule has 2 amide bonds. The molecule has 0 aliphatic rings. The van der Waals surface area contributed by atoms with Crippen LogP contribution in [0.4, 0.5) is 0 Å². The highest BCUT2D eigenvalue weighted by molar-refractivity contribution is 6.38. The molecule has 1 atom stereocenters. The maximum absolute atomic E-state index is 13.1. The second kappa shape index (κ2) is 8.27. The molecular weight excluding hydrogens is 394 g/mol. The molecule has 4 rings (SSSR count). The first-order valence-corrected chi connectivity index (χ1v) is 9.72. The van der Waals surface area contributed by atoms with E-state index in [0.717, 1.165) is 22.0 Å². The fourth-order valence-corrected chi connectivity index (χ4v) is 3.60. The molecule has 2 heterocycles. The van der Waals surface area contributed by atoms with Crippen molar-refractivity contribution in [1.82, 2.24) is 20.1 Å². The van der Waals surface area contributed by atoms with Crippen LogP contribution in [0.2, 0.25) is 0 Å². The summed E-state index contributed by atoms with van der Waals surface area (Å²) in [5.41, 5.74) is 8.50. The molecular formula is C23H21N5O3. The number of rotatable bonds is 7. The monoisotopic (exact) mass is 415 g/mol. The Kier molecular flexibility index (Phi) is 5.36. The quantitative estimate of drug-likeness (QED) is 0.399. The number of carbonyl (C=O) groups is 3. The van der Waals surface area contributed by atoms with E-state index in [1.54, 1.807) is 19.4 Å². The Morgan fingerprint density at radius 2 is 1.81 bits per heavy atom. The predicted molar refractivity (Wildman–Crippen MR) is 116 cm³/mol. The number of aromatic amines is 1. The van der Waals surface area contributed by atoms with Gasteiger partial charge in [0.15, 0.2) is 0 Å². The van der Waals surface area contributed by atoms with Crippen LogP contribution in [0.15, 0.2) is 67.0 Å². The summed E-state index contributed by atoms with van der Waals surface area (Å²) >= 11 is 0. The Hall–Kier alpha value is -4.20. The van der Waals surface area contributed by atoms with Crippen LogP contribution >= 0.6 is 0 Å². The average Bonchev–Trinajstić information content (AvgIpc) is 3.37. The standard InChI is InChI=1S/C23H21N5O3/c1-28-13-17(20(27-28)14-7-3-2-4-8-14)23(31)26-19(21(29)22(24)30)11-15-12-25-18-10-6-5-9-16(15)18/h2-10,12-13,19,25H,11H2,1H3,(H2,24,30)(H,26,31)/t19-/m0/s1. The molecule has 0 aliphatic carbocycles. The Morgan fingerprint density at radius 1 is 1.10 bits per heavy atom. The molecule has 4 N–H and O–H groups in total. The third-order valence-corrected chi connectivity index (χ3v) is 5.08. The zero-order valence-electron chi connectivity index (χ0n) is 16.8. The van der Waals surface area contributed by atoms with Gasteiger partial charge in [-0.15, -0.1) is 0 Å². The highest BCUT2D eigenvalue weighted by Crippen LogP contribution is 2.23. The summed E-state index contributed by atoms with van der Waals surface area (Å²) in [6, 6.07) is 15.7. The van der Waals surface area contributed by atoms with Crippen LogP contribution < -0.4 is 11.1 Å². The topological polar surface area (TPSA) is 123 Å². The van der Waals surface area contributed by atoms with Crippen molar-refractivity contribution in [3.05, 3.63) is 78.1 Å². The van der Waals surface area contributed by atoms with Crippen LogP contribution in [0.5, 0.6) is 0 Å². The van der Waals surface area contributed by atoms with Crippen LogP contribution in [-0.2, 0) is 23.1 Å². The number of H-pyrrole nitrogens is 1. The molecule has 4 aromatic rings. The first kappa shape index (κ1) is 20.1. The molecule has 2 aromatic heterocycles. The summed E-state index contributed by atoms with van der Waals surface area (Å²) in [5, 5.41) is 7.97. The fraction of sp³-hybridized carbons (Fsp3) is 0.130. The zero-order valence-corrected chi connectivity index (χ0v) is 16.8. The van der Waals surface area contributed by atoms with Gasteiger partial charge in [0.2, 0.25) is 5.78 Å². The maximum Gasteiger partial charge on any atom is 0.287 e. The van der Waals surface area contributed by atoms with Gasteiger partial charge in [0.25, 0.3) is 11.8 Å². The lowest BCUT2D eigenvalue weighted by atomic mass is 10.0. The Labute approximate surface area is 178 Å². The van der Waals surface area contributed by atoms with Gasteiger partial charge in [-0.2, -0.15) is 5.10 Å². The number of nitrogens with two attached hydrogens (primary N) is 1. The molecule has 156 valence electrons. The predicted octanol–water partition coefficient (Wildman–Crippen LogP) is 1.96. The highest BCUT2D eigenvalue weighted by atomic mass is 16.2. The molecule has 0 radical (unpaired) electrons. The van der Waals surface area contributed by atoms with Gasteiger partial charge in [0.05, 0.1) is 5.56 Å². The summed E-state index contributed by atoms with van der Waals surface area (Å²) in [6.07, 6.45) is 3.46. The van der Waals surface area contributed by atoms with E-state index in [1.807, 2.05) is 54.6 Å². The smallest absolute Gasteiger partial charge is 0.287 e. The second-order valence-corrected chi connectivity index (χ2v) is 7.25. The van der Waals surface area contributed by atoms with Gasteiger partial charge < -0.3 is 16.0 Å². The molecule has 0 saturated heterocycles. The number of fused-ring (bicyclic) bond motifs is 1. The lowest BCUT2D eigenvalue weighted by Crippen LogP contribution is -2.47. The number of benzene rings is 2. The number of para-hydroxylation sites is 1. The summed E-state index contributed by atoms with van der Waals surface area (Å²) in [7, 11) is 1.71. The second-order valence-electron chi connectivity index (χ2n) is 7.25. The van der Waals surface area contributed by atoms with E-state index in [0.29, 0.717) is 11.3 Å². The van der Waals surface area contributed by atoms with Crippen molar-refractivity contribution in [3.8, 4) is 11.3 Å². The summed E-state index contributed by atoms with van der Waals surface area (Å²) in [6.45, 7) is 0. The minimum atomic E-state index is -1.10. The SMILES string of the molecule is Cn1cc(C(=O)N[C@@H](Cc2c[nH]c3ccccc23)C(=O)C(N)=O)c(-c2ccccc2)n1. The van der Waals surface area contributed by atoms with Gasteiger partial charge in [0.1, 0.15) is 11.7 Å². The van der Waals surface area contributed by atoms with Gasteiger partial charge >= 0.3 is 0 Å². The van der Waals surface area contributed by atoms with Crippen molar-refractivity contribution in [2.45, 2.75) is 12.5 Å². The number of hydrogen-bond acceptors (Lipinski definition) is 4. The van der Waals surface area contributed by atoms with E-state index in [2.05, 4.69) is 15.4 Å². The van der Waals surface area contributed by atoms with Crippen molar-refractivity contribution < 1.29 is 14.4 Å². The number of primary amides is 1. The van der Waals surface area contributed by atoms with Crippen LogP contribution in [0.1, 0.15) is 15.9 Å². The number of nitrogens with zero attached hydrogens (tertiary/aromatic N) is 2. The number of carbonyl (C=O) groups excluding carboxylic acids is 3. The number of aromatic nitrogens is 3. The third kappa shape index (κ3) is 4.09. The van der Waals surface area contributed by atoms with Crippen molar-refractivity contribution >= 4 is 28.5 Å². The van der Waals surface area contributed by atoms with E-state index >= 15 is 0 Å². The number of hydrogen-bond donors (Lipinski definition) is 3. The van der Waals surface area contributed by atoms with Gasteiger partial charge in [-0.05, 0) is 11.6 Å². The van der Waals surface area contributed by atoms with E-state index < -0.39 is 23.6 Å². The molecule has 0 aliphatic heterocycles. The normalized spacial score (nSPS) is 11.9. The molecule has 31 heavy (non-hydrogen) atoms. The van der Waals surface area contributed by atoms with Crippen LogP contribution in [0.3, 0.4) is 0 Å². The van der Waals surface area contributed by atoms with Gasteiger partial charge in [0, 0.05) is 42.3 Å². The molecule has 8 heteroatoms. The van der Waals surface area contributed by atoms with E-state index in [1.165, 1.54) is 4.68 Å². The molecule has 0 saturated carbocycles. The molecule has 0 bridgehead atoms. The molecule has 0 unspecified atom stereocenters. The Bertz CT molecular complexity index is 1270. The average molecular weight is 415 g/mol. The minimum Gasteiger partial charge on any atom is -0.363 e. The van der Waals surface area contributed by atoms with Crippen LogP contribution in [-0.4, -0.2) is 38.4 Å². The third-order valence-electron chi connectivity index (χ3n) is 5.08. The summed E-state index contributed by atoms with van der Waals surface area (Å²) < 4.78 is 1.53. The number of ketones is 1. The van der Waals surface area contributed by atoms with Crippen molar-refractivity contribution in [1.29, 1.82) is 0 Å². The van der Waals surface area contributed by atoms with Crippen molar-refractivity contribution in [3.63, 3.8) is 0 Å². The molecule has 8 nitrogen and oxygen atoms in total. The molecule has 0 spiro atoms. The van der Waals surface area contributed by atoms with Crippen molar-refractivity contribution in [2.24, 2.45) is 12.8 Å². The number of aryl methyl sites for hydroxylation is 1. The minimum absolute atomic E-state index is 0.123. The van der Waals surface area contributed by atoms with Gasteiger partial charge in [-0.25, -0.2) is 0 Å². The molecule has 0 fully saturated rings. The zero-order chi connectivity index (χ0) is 22.0. The van der Waals surface area contributed by atoms with Gasteiger partial charge in [-0.1, -0.05) is 48.5 Å². The van der Waals surface area contributed by atoms with Crippen LogP contribution in [0.25, 0.3) is 22.2 Å². The largest absolute Gasteiger partial charge is 0.363 e. The highest BCUT2D eigenvalue weighted by Gasteiger charge is 2.28. The Morgan fingerprint density at radius 3 is 2.55 bits per heavy atom. The van der Waals surface area contributed by atoms with Crippen LogP contribution in [0, 0.1) is 0 Å².